The van der Waals surface area contributed by atoms with Crippen LogP contribution in [-0.2, 0) is 4.79 Å². The number of nitrogen functional groups attached to an aromatic ring is 1. The van der Waals surface area contributed by atoms with Crippen LogP contribution in [0, 0.1) is 6.92 Å². The second kappa shape index (κ2) is 5.27. The lowest BCUT2D eigenvalue weighted by Crippen LogP contribution is -2.55. The summed E-state index contributed by atoms with van der Waals surface area (Å²) < 4.78 is 0. The fourth-order valence-electron chi connectivity index (χ4n) is 2.21. The van der Waals surface area contributed by atoms with Crippen molar-refractivity contribution in [1.82, 2.24) is 10.2 Å². The van der Waals surface area contributed by atoms with E-state index in [-0.39, 0.29) is 11.8 Å². The Bertz CT molecular complexity index is 515. The van der Waals surface area contributed by atoms with E-state index in [1.165, 1.54) is 0 Å². The maximum absolute atomic E-state index is 12.5. The van der Waals surface area contributed by atoms with E-state index in [9.17, 15) is 9.59 Å². The predicted molar refractivity (Wildman–Crippen MR) is 72.5 cm³/mol. The molecule has 6 heteroatoms. The van der Waals surface area contributed by atoms with Crippen LogP contribution < -0.4 is 16.6 Å². The number of hydrogen-bond acceptors (Lipinski definition) is 4. The molecule has 2 amide bonds. The van der Waals surface area contributed by atoms with Crippen LogP contribution in [0.3, 0.4) is 0 Å². The number of nitrogens with zero attached hydrogens (tertiary/aromatic N) is 1. The third kappa shape index (κ3) is 2.53. The monoisotopic (exact) mass is 262 g/mol. The molecule has 1 atom stereocenters. The van der Waals surface area contributed by atoms with Crippen molar-refractivity contribution in [3.05, 3.63) is 29.3 Å². The van der Waals surface area contributed by atoms with Gasteiger partial charge in [0.15, 0.2) is 0 Å². The van der Waals surface area contributed by atoms with E-state index in [2.05, 4.69) is 10.7 Å². The molecule has 6 nitrogen and oxygen atoms in total. The van der Waals surface area contributed by atoms with Crippen LogP contribution in [0.1, 0.15) is 22.8 Å². The molecule has 0 bridgehead atoms. The topological polar surface area (TPSA) is 87.5 Å². The molecule has 1 heterocycles. The van der Waals surface area contributed by atoms with Gasteiger partial charge in [0.2, 0.25) is 5.91 Å². The minimum Gasteiger partial charge on any atom is -0.353 e. The third-order valence-corrected chi connectivity index (χ3v) is 3.38. The van der Waals surface area contributed by atoms with Gasteiger partial charge in [0.1, 0.15) is 6.04 Å². The summed E-state index contributed by atoms with van der Waals surface area (Å²) in [6.07, 6.45) is 0. The molecule has 1 aromatic rings. The van der Waals surface area contributed by atoms with Crippen molar-refractivity contribution in [2.75, 3.05) is 18.5 Å². The van der Waals surface area contributed by atoms with Crippen LogP contribution in [0.5, 0.6) is 0 Å². The van der Waals surface area contributed by atoms with Gasteiger partial charge in [-0.2, -0.15) is 0 Å². The highest BCUT2D eigenvalue weighted by atomic mass is 16.2. The summed E-state index contributed by atoms with van der Waals surface area (Å²) in [7, 11) is 0. The quantitative estimate of drug-likeness (QED) is 0.526. The molecular formula is C13H18N4O2. The molecule has 1 aromatic carbocycles. The summed E-state index contributed by atoms with van der Waals surface area (Å²) >= 11 is 0. The molecular weight excluding hydrogens is 244 g/mol. The molecule has 1 aliphatic heterocycles. The zero-order chi connectivity index (χ0) is 14.0. The Labute approximate surface area is 111 Å². The van der Waals surface area contributed by atoms with Crippen LogP contribution in [0.25, 0.3) is 0 Å². The first-order valence-corrected chi connectivity index (χ1v) is 6.20. The van der Waals surface area contributed by atoms with E-state index in [0.29, 0.717) is 18.7 Å². The van der Waals surface area contributed by atoms with Crippen LogP contribution >= 0.6 is 0 Å². The first kappa shape index (κ1) is 13.4. The molecule has 1 aliphatic rings. The van der Waals surface area contributed by atoms with E-state index in [4.69, 9.17) is 5.84 Å². The molecule has 1 unspecified atom stereocenters. The predicted octanol–water partition coefficient (Wildman–Crippen LogP) is 0.241. The van der Waals surface area contributed by atoms with Crippen LogP contribution in [0.15, 0.2) is 18.2 Å². The zero-order valence-electron chi connectivity index (χ0n) is 11.1. The second-order valence-electron chi connectivity index (χ2n) is 4.64. The summed E-state index contributed by atoms with van der Waals surface area (Å²) in [5.74, 6) is 5.09. The largest absolute Gasteiger partial charge is 0.353 e. The first-order chi connectivity index (χ1) is 9.04. The molecule has 1 fully saturated rings. The van der Waals surface area contributed by atoms with E-state index < -0.39 is 6.04 Å². The summed E-state index contributed by atoms with van der Waals surface area (Å²) in [4.78, 5) is 25.7. The van der Waals surface area contributed by atoms with Gasteiger partial charge in [-0.15, -0.1) is 0 Å². The number of benzene rings is 1. The molecule has 0 spiro atoms. The molecule has 102 valence electrons. The van der Waals surface area contributed by atoms with Gasteiger partial charge >= 0.3 is 0 Å². The number of anilines is 1. The van der Waals surface area contributed by atoms with E-state index in [0.717, 1.165) is 11.3 Å². The van der Waals surface area contributed by atoms with Crippen LogP contribution in [-0.4, -0.2) is 35.8 Å². The van der Waals surface area contributed by atoms with Gasteiger partial charge in [-0.1, -0.05) is 0 Å². The number of rotatable bonds is 2. The fourth-order valence-corrected chi connectivity index (χ4v) is 2.21. The van der Waals surface area contributed by atoms with Crippen molar-refractivity contribution in [3.63, 3.8) is 0 Å². The average Bonchev–Trinajstić information content (AvgIpc) is 2.41. The Balaban J connectivity index is 2.26. The number of hydrogen-bond donors (Lipinski definition) is 3. The molecule has 1 saturated heterocycles. The van der Waals surface area contributed by atoms with Crippen molar-refractivity contribution in [1.29, 1.82) is 0 Å². The van der Waals surface area contributed by atoms with Crippen molar-refractivity contribution in [2.45, 2.75) is 19.9 Å². The summed E-state index contributed by atoms with van der Waals surface area (Å²) in [6, 6.07) is 4.84. The number of aryl methyl sites for hydroxylation is 1. The minimum absolute atomic E-state index is 0.113. The fraction of sp³-hybridized carbons (Fsp3) is 0.385. The van der Waals surface area contributed by atoms with Crippen molar-refractivity contribution < 1.29 is 9.59 Å². The zero-order valence-corrected chi connectivity index (χ0v) is 11.1. The maximum Gasteiger partial charge on any atom is 0.254 e. The normalized spacial score (nSPS) is 19.0. The summed E-state index contributed by atoms with van der Waals surface area (Å²) in [6.45, 7) is 4.61. The lowest BCUT2D eigenvalue weighted by atomic mass is 10.0. The highest BCUT2D eigenvalue weighted by Crippen LogP contribution is 2.18. The van der Waals surface area contributed by atoms with Crippen molar-refractivity contribution >= 4 is 17.5 Å². The highest BCUT2D eigenvalue weighted by Gasteiger charge is 2.30. The van der Waals surface area contributed by atoms with E-state index in [1.54, 1.807) is 24.0 Å². The Morgan fingerprint density at radius 1 is 1.53 bits per heavy atom. The Morgan fingerprint density at radius 3 is 2.89 bits per heavy atom. The Kier molecular flexibility index (Phi) is 3.71. The smallest absolute Gasteiger partial charge is 0.254 e. The maximum atomic E-state index is 12.5. The SMILES string of the molecule is Cc1cc(NN)ccc1C(=O)N1CCNC(=O)C1C. The van der Waals surface area contributed by atoms with Gasteiger partial charge in [-0.25, -0.2) is 0 Å². The minimum atomic E-state index is -0.437. The molecule has 4 N–H and O–H groups in total. The van der Waals surface area contributed by atoms with E-state index in [1.807, 2.05) is 13.0 Å². The highest BCUT2D eigenvalue weighted by molar-refractivity contribution is 5.99. The molecule has 0 aliphatic carbocycles. The molecule has 19 heavy (non-hydrogen) atoms. The molecule has 0 aromatic heterocycles. The number of carbonyl (C=O) groups excluding carboxylic acids is 2. The van der Waals surface area contributed by atoms with Gasteiger partial charge in [0, 0.05) is 24.3 Å². The van der Waals surface area contributed by atoms with Gasteiger partial charge in [0.25, 0.3) is 5.91 Å². The Morgan fingerprint density at radius 2 is 2.26 bits per heavy atom. The standard InChI is InChI=1S/C13H18N4O2/c1-8-7-10(16-14)3-4-11(8)13(19)17-6-5-15-12(18)9(17)2/h3-4,7,9,16H,5-6,14H2,1-2H3,(H,15,18). The average molecular weight is 262 g/mol. The lowest BCUT2D eigenvalue weighted by molar-refractivity contribution is -0.127. The lowest BCUT2D eigenvalue weighted by Gasteiger charge is -2.33. The molecule has 0 radical (unpaired) electrons. The number of piperazine rings is 1. The van der Waals surface area contributed by atoms with Crippen LogP contribution in [0.2, 0.25) is 0 Å². The third-order valence-electron chi connectivity index (χ3n) is 3.38. The number of nitrogens with one attached hydrogen (secondary N) is 2. The van der Waals surface area contributed by atoms with E-state index >= 15 is 0 Å². The van der Waals surface area contributed by atoms with Gasteiger partial charge < -0.3 is 15.6 Å². The first-order valence-electron chi connectivity index (χ1n) is 6.20. The van der Waals surface area contributed by atoms with Crippen LogP contribution in [0.4, 0.5) is 5.69 Å². The molecule has 0 saturated carbocycles. The van der Waals surface area contributed by atoms with Crippen molar-refractivity contribution in [3.8, 4) is 0 Å². The number of hydrazine groups is 1. The number of nitrogens with two attached hydrogens (primary N) is 1. The van der Waals surface area contributed by atoms with Crippen molar-refractivity contribution in [2.24, 2.45) is 5.84 Å². The number of amides is 2. The van der Waals surface area contributed by atoms with Gasteiger partial charge in [-0.05, 0) is 37.6 Å². The molecule has 2 rings (SSSR count). The van der Waals surface area contributed by atoms with Gasteiger partial charge in [0.05, 0.1) is 0 Å². The summed E-state index contributed by atoms with van der Waals surface area (Å²) in [5.41, 5.74) is 4.72. The Hall–Kier alpha value is -2.08. The summed E-state index contributed by atoms with van der Waals surface area (Å²) in [5, 5.41) is 2.74. The number of carbonyl (C=O) groups is 2. The van der Waals surface area contributed by atoms with Gasteiger partial charge in [-0.3, -0.25) is 15.4 Å². The second-order valence-corrected chi connectivity index (χ2v) is 4.64.